The van der Waals surface area contributed by atoms with Gasteiger partial charge in [-0.2, -0.15) is 0 Å². The molecule has 3 aromatic rings. The van der Waals surface area contributed by atoms with Gasteiger partial charge in [0.25, 0.3) is 21.8 Å². The summed E-state index contributed by atoms with van der Waals surface area (Å²) in [6, 6.07) is 12.8. The van der Waals surface area contributed by atoms with Gasteiger partial charge in [0.15, 0.2) is 0 Å². The van der Waals surface area contributed by atoms with E-state index < -0.39 is 40.0 Å². The van der Waals surface area contributed by atoms with E-state index in [4.69, 9.17) is 11.6 Å². The van der Waals surface area contributed by atoms with Crippen molar-refractivity contribution < 1.29 is 23.1 Å². The number of carbonyl (C=O) groups is 2. The average Bonchev–Trinajstić information content (AvgIpc) is 3.21. The molecule has 0 saturated carbocycles. The lowest BCUT2D eigenvalue weighted by Gasteiger charge is -2.35. The second-order valence-electron chi connectivity index (χ2n) is 9.88. The Kier molecular flexibility index (Phi) is 9.10. The molecule has 0 aliphatic carbocycles. The maximum Gasteiger partial charge on any atom is 0.266 e. The molecule has 1 aliphatic heterocycles. The number of carbonyl (C=O) groups excluding carboxylic acids is 2. The van der Waals surface area contributed by atoms with E-state index in [-0.39, 0.29) is 30.2 Å². The second kappa shape index (κ2) is 12.1. The summed E-state index contributed by atoms with van der Waals surface area (Å²) in [5, 5.41) is 18.1. The lowest BCUT2D eigenvalue weighted by atomic mass is 10.0. The summed E-state index contributed by atoms with van der Waals surface area (Å²) in [5.41, 5.74) is 0. The first-order valence-electron chi connectivity index (χ1n) is 12.6. The lowest BCUT2D eigenvalue weighted by molar-refractivity contribution is -0.132. The fourth-order valence-electron chi connectivity index (χ4n) is 4.64. The van der Waals surface area contributed by atoms with E-state index in [0.717, 1.165) is 14.4 Å². The number of halogens is 1. The van der Waals surface area contributed by atoms with Gasteiger partial charge in [0.1, 0.15) is 6.04 Å². The van der Waals surface area contributed by atoms with Crippen LogP contribution in [-0.4, -0.2) is 60.9 Å². The first kappa shape index (κ1) is 28.5. The lowest BCUT2D eigenvalue weighted by Crippen LogP contribution is -2.57. The number of sulfonamides is 1. The van der Waals surface area contributed by atoms with E-state index in [1.54, 1.807) is 6.07 Å². The largest absolute Gasteiger partial charge is 0.390 e. The molecule has 2 unspecified atom stereocenters. The molecule has 1 saturated heterocycles. The maximum atomic E-state index is 14.1. The van der Waals surface area contributed by atoms with E-state index in [1.807, 2.05) is 38.1 Å². The van der Waals surface area contributed by atoms with Crippen LogP contribution in [0.3, 0.4) is 0 Å². The maximum absolute atomic E-state index is 14.1. The molecule has 38 heavy (non-hydrogen) atoms. The van der Waals surface area contributed by atoms with Crippen molar-refractivity contribution in [2.45, 2.75) is 56.2 Å². The summed E-state index contributed by atoms with van der Waals surface area (Å²) in [5.74, 6) is -1.24. The number of benzene rings is 2. The van der Waals surface area contributed by atoms with E-state index in [9.17, 15) is 23.1 Å². The number of aliphatic hydroxyl groups excluding tert-OH is 1. The topological polar surface area (TPSA) is 116 Å². The van der Waals surface area contributed by atoms with E-state index >= 15 is 0 Å². The van der Waals surface area contributed by atoms with Gasteiger partial charge in [-0.05, 0) is 73.5 Å². The number of fused-ring (bicyclic) bond motifs is 1. The Bertz CT molecular complexity index is 1360. The molecule has 1 aliphatic rings. The van der Waals surface area contributed by atoms with Gasteiger partial charge in [-0.1, -0.05) is 43.6 Å². The molecule has 3 atom stereocenters. The van der Waals surface area contributed by atoms with Crippen LogP contribution in [0.15, 0.2) is 59.5 Å². The van der Waals surface area contributed by atoms with Gasteiger partial charge >= 0.3 is 0 Å². The van der Waals surface area contributed by atoms with Crippen LogP contribution in [0.4, 0.5) is 0 Å². The minimum absolute atomic E-state index is 0.0209. The van der Waals surface area contributed by atoms with Crippen LogP contribution in [0.5, 0.6) is 0 Å². The van der Waals surface area contributed by atoms with Crippen LogP contribution >= 0.6 is 22.9 Å². The third kappa shape index (κ3) is 6.38. The molecule has 1 aromatic heterocycles. The number of rotatable bonds is 8. The van der Waals surface area contributed by atoms with Gasteiger partial charge in [-0.3, -0.25) is 9.59 Å². The molecular formula is C27H32ClN3O5S2. The number of hydrogen-bond donors (Lipinski definition) is 3. The summed E-state index contributed by atoms with van der Waals surface area (Å²) < 4.78 is 29.6. The molecule has 0 radical (unpaired) electrons. The van der Waals surface area contributed by atoms with Gasteiger partial charge in [0, 0.05) is 16.3 Å². The monoisotopic (exact) mass is 577 g/mol. The minimum Gasteiger partial charge on any atom is -0.390 e. The van der Waals surface area contributed by atoms with Crippen LogP contribution in [-0.2, 0) is 14.8 Å². The number of thiophene rings is 1. The standard InChI is InChI=1S/C27H32ClN3O5S2/c1-17(2)14-21(30-26(33)25-15-18-6-3-4-8-24(18)37-25)27(34)31(22-7-5-13-29-16-23(22)32)38(35,36)20-11-9-19(28)10-12-20/h3-4,6,8-12,15,17,21-23,29,32H,5,7,13-14,16H2,1-2H3,(H,30,33)/t21-,22?,23?/m0/s1. The molecule has 2 aromatic carbocycles. The summed E-state index contributed by atoms with van der Waals surface area (Å²) in [7, 11) is -4.38. The molecule has 2 amide bonds. The fourth-order valence-corrected chi connectivity index (χ4v) is 7.40. The van der Waals surface area contributed by atoms with Gasteiger partial charge in [-0.25, -0.2) is 12.7 Å². The number of amides is 2. The molecular weight excluding hydrogens is 546 g/mol. The molecule has 8 nitrogen and oxygen atoms in total. The van der Waals surface area contributed by atoms with Crippen molar-refractivity contribution in [3.63, 3.8) is 0 Å². The molecule has 204 valence electrons. The summed E-state index contributed by atoms with van der Waals surface area (Å²) in [4.78, 5) is 27.7. The predicted octanol–water partition coefficient (Wildman–Crippen LogP) is 4.03. The number of nitrogens with one attached hydrogen (secondary N) is 2. The molecule has 11 heteroatoms. The Labute approximate surface area is 232 Å². The second-order valence-corrected chi connectivity index (χ2v) is 13.2. The zero-order chi connectivity index (χ0) is 27.4. The van der Waals surface area contributed by atoms with E-state index in [0.29, 0.717) is 22.9 Å². The molecule has 3 N–H and O–H groups in total. The molecule has 0 spiro atoms. The Morgan fingerprint density at radius 3 is 2.58 bits per heavy atom. The predicted molar refractivity (Wildman–Crippen MR) is 150 cm³/mol. The quantitative estimate of drug-likeness (QED) is 0.372. The van der Waals surface area contributed by atoms with Crippen molar-refractivity contribution in [2.24, 2.45) is 5.92 Å². The normalized spacial score (nSPS) is 19.2. The first-order chi connectivity index (χ1) is 18.1. The van der Waals surface area contributed by atoms with Crippen LogP contribution in [0.25, 0.3) is 10.1 Å². The van der Waals surface area contributed by atoms with Crippen molar-refractivity contribution in [1.29, 1.82) is 0 Å². The van der Waals surface area contributed by atoms with Crippen LogP contribution in [0.2, 0.25) is 5.02 Å². The molecule has 4 rings (SSSR count). The zero-order valence-corrected chi connectivity index (χ0v) is 23.7. The highest BCUT2D eigenvalue weighted by Crippen LogP contribution is 2.28. The highest BCUT2D eigenvalue weighted by atomic mass is 35.5. The Morgan fingerprint density at radius 1 is 1.18 bits per heavy atom. The average molecular weight is 578 g/mol. The van der Waals surface area contributed by atoms with Gasteiger partial charge in [0.05, 0.1) is 21.9 Å². The third-order valence-corrected chi connectivity index (χ3v) is 9.70. The number of aliphatic hydroxyl groups is 1. The van der Waals surface area contributed by atoms with Gasteiger partial charge in [0.2, 0.25) is 0 Å². The van der Waals surface area contributed by atoms with Crippen molar-refractivity contribution in [2.75, 3.05) is 13.1 Å². The summed E-state index contributed by atoms with van der Waals surface area (Å²) in [6.45, 7) is 4.53. The third-order valence-electron chi connectivity index (χ3n) is 6.50. The highest BCUT2D eigenvalue weighted by Gasteiger charge is 2.43. The first-order valence-corrected chi connectivity index (χ1v) is 15.2. The number of hydrogen-bond acceptors (Lipinski definition) is 7. The van der Waals surface area contributed by atoms with Gasteiger partial charge in [-0.15, -0.1) is 11.3 Å². The Morgan fingerprint density at radius 2 is 1.89 bits per heavy atom. The Balaban J connectivity index is 1.72. The van der Waals surface area contributed by atoms with Crippen molar-refractivity contribution >= 4 is 54.9 Å². The summed E-state index contributed by atoms with van der Waals surface area (Å²) >= 11 is 7.29. The molecule has 0 bridgehead atoms. The van der Waals surface area contributed by atoms with Crippen molar-refractivity contribution in [3.05, 3.63) is 64.5 Å². The van der Waals surface area contributed by atoms with Crippen molar-refractivity contribution in [1.82, 2.24) is 14.9 Å². The van der Waals surface area contributed by atoms with E-state index in [2.05, 4.69) is 10.6 Å². The molecule has 2 heterocycles. The minimum atomic E-state index is -4.38. The fraction of sp³-hybridized carbons (Fsp3) is 0.407. The number of nitrogens with zero attached hydrogens (tertiary/aromatic N) is 1. The van der Waals surface area contributed by atoms with Gasteiger partial charge < -0.3 is 15.7 Å². The SMILES string of the molecule is CC(C)C[C@H](NC(=O)c1cc2ccccc2s1)C(=O)N(C1CCCNCC1O)S(=O)(=O)c1ccc(Cl)cc1. The summed E-state index contributed by atoms with van der Waals surface area (Å²) in [6.07, 6.45) is -0.0272. The number of β-amino-alcohol motifs (C(OH)–C–C–N with tert-alkyl or cyclic N) is 1. The van der Waals surface area contributed by atoms with Crippen LogP contribution in [0.1, 0.15) is 42.8 Å². The Hall–Kier alpha value is -2.50. The van der Waals surface area contributed by atoms with E-state index in [1.165, 1.54) is 35.6 Å². The molecule has 1 fully saturated rings. The van der Waals surface area contributed by atoms with Crippen LogP contribution in [0, 0.1) is 5.92 Å². The smallest absolute Gasteiger partial charge is 0.266 e. The highest BCUT2D eigenvalue weighted by molar-refractivity contribution is 7.89. The van der Waals surface area contributed by atoms with Crippen molar-refractivity contribution in [3.8, 4) is 0 Å². The van der Waals surface area contributed by atoms with Crippen LogP contribution < -0.4 is 10.6 Å². The zero-order valence-electron chi connectivity index (χ0n) is 21.3.